The number of carbonyl (C=O) groups is 1. The smallest absolute Gasteiger partial charge is 0.234 e. The number of amides is 1. The molecular formula is C14H12BrN5OS. The summed E-state index contributed by atoms with van der Waals surface area (Å²) in [6.07, 6.45) is 0. The molecule has 1 aromatic carbocycles. The Bertz CT molecular complexity index is 835. The number of fused-ring (bicyclic) bond motifs is 1. The number of nitrogens with zero attached hydrogens (tertiary/aromatic N) is 4. The average molecular weight is 378 g/mol. The lowest BCUT2D eigenvalue weighted by atomic mass is 10.3. The van der Waals surface area contributed by atoms with Gasteiger partial charge in [0.25, 0.3) is 0 Å². The number of aryl methyl sites for hydroxylation is 1. The molecule has 0 aliphatic carbocycles. The van der Waals surface area contributed by atoms with Gasteiger partial charge in [0, 0.05) is 10.2 Å². The van der Waals surface area contributed by atoms with Crippen molar-refractivity contribution in [1.82, 2.24) is 19.8 Å². The predicted octanol–water partition coefficient (Wildman–Crippen LogP) is 2.93. The van der Waals surface area contributed by atoms with E-state index in [1.54, 1.807) is 4.52 Å². The molecule has 0 unspecified atom stereocenters. The highest BCUT2D eigenvalue weighted by Crippen LogP contribution is 2.18. The average Bonchev–Trinajstić information content (AvgIpc) is 2.86. The number of hydrogen-bond acceptors (Lipinski definition) is 5. The molecule has 0 spiro atoms. The van der Waals surface area contributed by atoms with Crippen LogP contribution in [0.1, 0.15) is 5.82 Å². The summed E-state index contributed by atoms with van der Waals surface area (Å²) in [6, 6.07) is 11.1. The number of rotatable bonds is 4. The second kappa shape index (κ2) is 6.45. The normalized spacial score (nSPS) is 10.8. The summed E-state index contributed by atoms with van der Waals surface area (Å²) in [5.41, 5.74) is 1.46. The lowest BCUT2D eigenvalue weighted by Gasteiger charge is -2.05. The predicted molar refractivity (Wildman–Crippen MR) is 89.0 cm³/mol. The van der Waals surface area contributed by atoms with Crippen molar-refractivity contribution in [3.63, 3.8) is 0 Å². The number of anilines is 1. The fraction of sp³-hybridized carbons (Fsp3) is 0.143. The fourth-order valence-electron chi connectivity index (χ4n) is 1.86. The molecule has 112 valence electrons. The summed E-state index contributed by atoms with van der Waals surface area (Å²) in [6.45, 7) is 1.83. The number of halogens is 1. The maximum Gasteiger partial charge on any atom is 0.234 e. The summed E-state index contributed by atoms with van der Waals surface area (Å²) < 4.78 is 2.59. The Hall–Kier alpha value is -1.93. The summed E-state index contributed by atoms with van der Waals surface area (Å²) in [5.74, 6) is 0.924. The molecule has 8 heteroatoms. The monoisotopic (exact) mass is 377 g/mol. The fourth-order valence-corrected chi connectivity index (χ4v) is 2.91. The van der Waals surface area contributed by atoms with Crippen LogP contribution in [-0.4, -0.2) is 31.5 Å². The Kier molecular flexibility index (Phi) is 4.39. The first-order valence-corrected chi connectivity index (χ1v) is 8.27. The molecule has 0 atom stereocenters. The Morgan fingerprint density at radius 1 is 1.32 bits per heavy atom. The van der Waals surface area contributed by atoms with Crippen molar-refractivity contribution in [3.8, 4) is 0 Å². The van der Waals surface area contributed by atoms with E-state index < -0.39 is 0 Å². The quantitative estimate of drug-likeness (QED) is 0.707. The van der Waals surface area contributed by atoms with E-state index in [9.17, 15) is 4.79 Å². The number of benzene rings is 1. The molecule has 3 rings (SSSR count). The standard InChI is InChI=1S/C14H12BrN5OS/c1-9-17-18-12-5-6-14(19-20(9)12)22-8-13(21)16-11-4-2-3-10(15)7-11/h2-7H,8H2,1H3,(H,16,21). The SMILES string of the molecule is Cc1nnc2ccc(SCC(=O)Nc3cccc(Br)c3)nn12. The number of aromatic nitrogens is 4. The molecule has 6 nitrogen and oxygen atoms in total. The minimum absolute atomic E-state index is 0.0783. The summed E-state index contributed by atoms with van der Waals surface area (Å²) in [4.78, 5) is 12.0. The maximum absolute atomic E-state index is 12.0. The van der Waals surface area contributed by atoms with Crippen molar-refractivity contribution in [3.05, 3.63) is 46.7 Å². The van der Waals surface area contributed by atoms with Crippen molar-refractivity contribution < 1.29 is 4.79 Å². The van der Waals surface area contributed by atoms with Crippen LogP contribution in [0.4, 0.5) is 5.69 Å². The minimum atomic E-state index is -0.0783. The lowest BCUT2D eigenvalue weighted by Crippen LogP contribution is -2.14. The highest BCUT2D eigenvalue weighted by molar-refractivity contribution is 9.10. The molecule has 0 aliphatic rings. The third-order valence-electron chi connectivity index (χ3n) is 2.85. The van der Waals surface area contributed by atoms with Gasteiger partial charge in [-0.25, -0.2) is 0 Å². The van der Waals surface area contributed by atoms with Gasteiger partial charge < -0.3 is 5.32 Å². The molecular weight excluding hydrogens is 366 g/mol. The van der Waals surface area contributed by atoms with Crippen LogP contribution in [-0.2, 0) is 4.79 Å². The molecule has 22 heavy (non-hydrogen) atoms. The number of nitrogens with one attached hydrogen (secondary N) is 1. The van der Waals surface area contributed by atoms with Gasteiger partial charge in [-0.05, 0) is 37.3 Å². The third kappa shape index (κ3) is 3.45. The molecule has 0 bridgehead atoms. The maximum atomic E-state index is 12.0. The van der Waals surface area contributed by atoms with Crippen molar-refractivity contribution >= 4 is 44.9 Å². The molecule has 1 amide bonds. The molecule has 2 heterocycles. The van der Waals surface area contributed by atoms with Gasteiger partial charge in [0.05, 0.1) is 5.75 Å². The molecule has 2 aromatic heterocycles. The van der Waals surface area contributed by atoms with Crippen LogP contribution in [0, 0.1) is 6.92 Å². The number of hydrogen-bond donors (Lipinski definition) is 1. The van der Waals surface area contributed by atoms with Gasteiger partial charge in [0.2, 0.25) is 5.91 Å². The Labute approximate surface area is 139 Å². The van der Waals surface area contributed by atoms with Crippen molar-refractivity contribution in [2.24, 2.45) is 0 Å². The van der Waals surface area contributed by atoms with Crippen molar-refractivity contribution in [2.75, 3.05) is 11.1 Å². The molecule has 0 saturated carbocycles. The van der Waals surface area contributed by atoms with E-state index >= 15 is 0 Å². The summed E-state index contributed by atoms with van der Waals surface area (Å²) in [5, 5.41) is 15.9. The van der Waals surface area contributed by atoms with E-state index in [0.717, 1.165) is 21.0 Å². The second-order valence-corrected chi connectivity index (χ2v) is 6.45. The van der Waals surface area contributed by atoms with Crippen LogP contribution in [0.15, 0.2) is 45.9 Å². The lowest BCUT2D eigenvalue weighted by molar-refractivity contribution is -0.113. The summed E-state index contributed by atoms with van der Waals surface area (Å²) >= 11 is 4.74. The van der Waals surface area contributed by atoms with E-state index in [1.165, 1.54) is 11.8 Å². The van der Waals surface area contributed by atoms with E-state index in [1.807, 2.05) is 43.3 Å². The van der Waals surface area contributed by atoms with Gasteiger partial charge in [-0.2, -0.15) is 9.61 Å². The van der Waals surface area contributed by atoms with Crippen LogP contribution in [0.5, 0.6) is 0 Å². The molecule has 0 fully saturated rings. The topological polar surface area (TPSA) is 72.2 Å². The first kappa shape index (κ1) is 15.0. The van der Waals surface area contributed by atoms with E-state index in [4.69, 9.17) is 0 Å². The first-order valence-electron chi connectivity index (χ1n) is 6.49. The van der Waals surface area contributed by atoms with Gasteiger partial charge in [0.15, 0.2) is 11.5 Å². The minimum Gasteiger partial charge on any atom is -0.325 e. The molecule has 1 N–H and O–H groups in total. The zero-order valence-electron chi connectivity index (χ0n) is 11.7. The highest BCUT2D eigenvalue weighted by Gasteiger charge is 2.07. The van der Waals surface area contributed by atoms with Gasteiger partial charge in [0.1, 0.15) is 5.03 Å². The van der Waals surface area contributed by atoms with Crippen LogP contribution in [0.3, 0.4) is 0 Å². The van der Waals surface area contributed by atoms with Crippen LogP contribution in [0.2, 0.25) is 0 Å². The zero-order chi connectivity index (χ0) is 15.5. The number of thioether (sulfide) groups is 1. The Balaban J connectivity index is 1.63. The summed E-state index contributed by atoms with van der Waals surface area (Å²) in [7, 11) is 0. The van der Waals surface area contributed by atoms with E-state index in [2.05, 4.69) is 36.5 Å². The van der Waals surface area contributed by atoms with Gasteiger partial charge in [-0.15, -0.1) is 10.2 Å². The van der Waals surface area contributed by atoms with Crippen LogP contribution < -0.4 is 5.32 Å². The molecule has 3 aromatic rings. The highest BCUT2D eigenvalue weighted by atomic mass is 79.9. The van der Waals surface area contributed by atoms with E-state index in [0.29, 0.717) is 5.65 Å². The van der Waals surface area contributed by atoms with Crippen molar-refractivity contribution in [2.45, 2.75) is 11.9 Å². The van der Waals surface area contributed by atoms with Crippen molar-refractivity contribution in [1.29, 1.82) is 0 Å². The van der Waals surface area contributed by atoms with E-state index in [-0.39, 0.29) is 11.7 Å². The Morgan fingerprint density at radius 2 is 2.18 bits per heavy atom. The van der Waals surface area contributed by atoms with Gasteiger partial charge in [-0.3, -0.25) is 4.79 Å². The van der Waals surface area contributed by atoms with Crippen LogP contribution >= 0.6 is 27.7 Å². The third-order valence-corrected chi connectivity index (χ3v) is 4.27. The molecule has 0 radical (unpaired) electrons. The van der Waals surface area contributed by atoms with Crippen LogP contribution in [0.25, 0.3) is 5.65 Å². The number of carbonyl (C=O) groups excluding carboxylic acids is 1. The molecule has 0 aliphatic heterocycles. The van der Waals surface area contributed by atoms with Gasteiger partial charge >= 0.3 is 0 Å². The van der Waals surface area contributed by atoms with Gasteiger partial charge in [-0.1, -0.05) is 33.8 Å². The molecule has 0 saturated heterocycles. The zero-order valence-corrected chi connectivity index (χ0v) is 14.1. The Morgan fingerprint density at radius 3 is 3.00 bits per heavy atom. The second-order valence-electron chi connectivity index (χ2n) is 4.54. The first-order chi connectivity index (χ1) is 10.6. The largest absolute Gasteiger partial charge is 0.325 e.